The van der Waals surface area contributed by atoms with Crippen molar-refractivity contribution in [2.75, 3.05) is 41.0 Å². The minimum atomic E-state index is -0.873. The molecule has 2 unspecified atom stereocenters. The number of rotatable bonds is 40. The van der Waals surface area contributed by atoms with Crippen LogP contribution in [0.3, 0.4) is 0 Å². The van der Waals surface area contributed by atoms with E-state index in [4.69, 9.17) is 14.2 Å². The molecule has 0 spiro atoms. The van der Waals surface area contributed by atoms with Gasteiger partial charge in [-0.15, -0.1) is 0 Å². The summed E-state index contributed by atoms with van der Waals surface area (Å²) in [6, 6.07) is -0.611. The molecule has 1 N–H and O–H groups in total. The van der Waals surface area contributed by atoms with Crippen LogP contribution in [0.2, 0.25) is 0 Å². The third-order valence-electron chi connectivity index (χ3n) is 10.2. The Labute approximate surface area is 327 Å². The standard InChI is InChI=1S/C45H85NO7/c1-6-8-10-12-14-16-18-20-21-22-24-25-27-29-31-33-35-43(47)52-40-41(39-51-38-37-42(45(49)50)46(3,4)5)53-44(48)36-34-32-30-28-26-23-19-17-15-13-11-9-7-2/h21-22,41-42H,6-20,23-40H2,1-5H3/p+1/b22-21+. The first-order valence-electron chi connectivity index (χ1n) is 22.2. The number of carboxylic acids is 1. The number of likely N-dealkylation sites (N-methyl/N-ethyl adjacent to an activating group) is 1. The van der Waals surface area contributed by atoms with Crippen molar-refractivity contribution in [1.29, 1.82) is 0 Å². The van der Waals surface area contributed by atoms with Gasteiger partial charge in [-0.2, -0.15) is 0 Å². The lowest BCUT2D eigenvalue weighted by Gasteiger charge is -2.31. The highest BCUT2D eigenvalue weighted by molar-refractivity contribution is 5.72. The van der Waals surface area contributed by atoms with Gasteiger partial charge in [-0.25, -0.2) is 4.79 Å². The maximum Gasteiger partial charge on any atom is 0.362 e. The van der Waals surface area contributed by atoms with Crippen molar-refractivity contribution in [3.8, 4) is 0 Å². The molecule has 0 aliphatic carbocycles. The highest BCUT2D eigenvalue weighted by atomic mass is 16.6. The van der Waals surface area contributed by atoms with Crippen LogP contribution in [0, 0.1) is 0 Å². The summed E-state index contributed by atoms with van der Waals surface area (Å²) in [5, 5.41) is 9.61. The number of unbranched alkanes of at least 4 members (excludes halogenated alkanes) is 24. The normalized spacial score (nSPS) is 13.0. The first-order valence-corrected chi connectivity index (χ1v) is 22.2. The molecule has 53 heavy (non-hydrogen) atoms. The lowest BCUT2D eigenvalue weighted by atomic mass is 10.0. The van der Waals surface area contributed by atoms with E-state index in [1.807, 2.05) is 21.1 Å². The summed E-state index contributed by atoms with van der Waals surface area (Å²) in [4.78, 5) is 36.9. The monoisotopic (exact) mass is 753 g/mol. The number of allylic oxidation sites excluding steroid dienone is 2. The molecule has 0 amide bonds. The molecular formula is C45H86NO7+. The molecule has 8 nitrogen and oxygen atoms in total. The summed E-state index contributed by atoms with van der Waals surface area (Å²) < 4.78 is 17.3. The van der Waals surface area contributed by atoms with Crippen molar-refractivity contribution in [2.45, 2.75) is 219 Å². The van der Waals surface area contributed by atoms with Gasteiger partial charge in [0.05, 0.1) is 34.4 Å². The second-order valence-corrected chi connectivity index (χ2v) is 16.3. The van der Waals surface area contributed by atoms with Crippen LogP contribution < -0.4 is 0 Å². The molecule has 0 saturated heterocycles. The van der Waals surface area contributed by atoms with Crippen molar-refractivity contribution in [2.24, 2.45) is 0 Å². The van der Waals surface area contributed by atoms with E-state index >= 15 is 0 Å². The van der Waals surface area contributed by atoms with Gasteiger partial charge >= 0.3 is 17.9 Å². The Balaban J connectivity index is 4.32. The van der Waals surface area contributed by atoms with Crippen molar-refractivity contribution in [3.05, 3.63) is 12.2 Å². The van der Waals surface area contributed by atoms with Crippen LogP contribution in [0.1, 0.15) is 206 Å². The topological polar surface area (TPSA) is 99.1 Å². The van der Waals surface area contributed by atoms with Gasteiger partial charge < -0.3 is 23.8 Å². The predicted molar refractivity (Wildman–Crippen MR) is 220 cm³/mol. The Morgan fingerprint density at radius 3 is 1.36 bits per heavy atom. The summed E-state index contributed by atoms with van der Waals surface area (Å²) >= 11 is 0. The van der Waals surface area contributed by atoms with E-state index < -0.39 is 18.1 Å². The summed E-state index contributed by atoms with van der Waals surface area (Å²) in [7, 11) is 5.53. The minimum Gasteiger partial charge on any atom is -0.477 e. The number of aliphatic carboxylic acids is 1. The first kappa shape index (κ1) is 51.1. The zero-order valence-electron chi connectivity index (χ0n) is 35.5. The van der Waals surface area contributed by atoms with Crippen LogP contribution in [0.15, 0.2) is 12.2 Å². The number of quaternary nitrogens is 1. The van der Waals surface area contributed by atoms with Gasteiger partial charge in [0.2, 0.25) is 0 Å². The Morgan fingerprint density at radius 1 is 0.547 bits per heavy atom. The molecule has 0 rings (SSSR count). The summed E-state index contributed by atoms with van der Waals surface area (Å²) in [5.41, 5.74) is 0. The van der Waals surface area contributed by atoms with Crippen LogP contribution in [0.5, 0.6) is 0 Å². The molecule has 0 fully saturated rings. The number of hydrogen-bond donors (Lipinski definition) is 1. The second kappa shape index (κ2) is 37.0. The fourth-order valence-electron chi connectivity index (χ4n) is 6.67. The Kier molecular flexibility index (Phi) is 35.7. The van der Waals surface area contributed by atoms with E-state index in [0.717, 1.165) is 44.9 Å². The number of carboxylic acid groups (broad SMARTS) is 1. The molecule has 0 aliphatic heterocycles. The molecule has 312 valence electrons. The first-order chi connectivity index (χ1) is 25.6. The van der Waals surface area contributed by atoms with E-state index in [-0.39, 0.29) is 36.2 Å². The van der Waals surface area contributed by atoms with E-state index in [0.29, 0.717) is 19.3 Å². The molecule has 0 saturated carbocycles. The lowest BCUT2D eigenvalue weighted by molar-refractivity contribution is -0.887. The molecule has 0 bridgehead atoms. The third kappa shape index (κ3) is 35.5. The third-order valence-corrected chi connectivity index (χ3v) is 10.2. The fourth-order valence-corrected chi connectivity index (χ4v) is 6.67. The number of ether oxygens (including phenoxy) is 3. The largest absolute Gasteiger partial charge is 0.477 e. The lowest BCUT2D eigenvalue weighted by Crippen LogP contribution is -2.50. The molecule has 0 radical (unpaired) electrons. The van der Waals surface area contributed by atoms with Crippen LogP contribution in [-0.2, 0) is 28.6 Å². The van der Waals surface area contributed by atoms with Crippen molar-refractivity contribution >= 4 is 17.9 Å². The number of nitrogens with zero attached hydrogens (tertiary/aromatic N) is 1. The molecule has 2 atom stereocenters. The molecule has 0 aromatic rings. The summed E-state index contributed by atoms with van der Waals surface area (Å²) in [6.07, 6.45) is 38.2. The predicted octanol–water partition coefficient (Wildman–Crippen LogP) is 11.9. The van der Waals surface area contributed by atoms with Gasteiger partial charge in [-0.05, 0) is 38.5 Å². The molecule has 0 aromatic carbocycles. The van der Waals surface area contributed by atoms with Gasteiger partial charge in [-0.3, -0.25) is 9.59 Å². The van der Waals surface area contributed by atoms with Gasteiger partial charge in [0.15, 0.2) is 12.1 Å². The highest BCUT2D eigenvalue weighted by Gasteiger charge is 2.31. The average molecular weight is 753 g/mol. The van der Waals surface area contributed by atoms with Gasteiger partial charge in [0, 0.05) is 19.3 Å². The minimum absolute atomic E-state index is 0.0495. The molecule has 0 aliphatic rings. The van der Waals surface area contributed by atoms with Crippen LogP contribution in [0.25, 0.3) is 0 Å². The highest BCUT2D eigenvalue weighted by Crippen LogP contribution is 2.15. The number of hydrogen-bond acceptors (Lipinski definition) is 6. The van der Waals surface area contributed by atoms with Gasteiger partial charge in [-0.1, -0.05) is 161 Å². The second-order valence-electron chi connectivity index (χ2n) is 16.3. The molecule has 0 aromatic heterocycles. The van der Waals surface area contributed by atoms with Crippen molar-refractivity contribution < 1.29 is 38.2 Å². The van der Waals surface area contributed by atoms with Gasteiger partial charge in [0.1, 0.15) is 6.61 Å². The zero-order chi connectivity index (χ0) is 39.3. The van der Waals surface area contributed by atoms with E-state index in [1.54, 1.807) is 0 Å². The smallest absolute Gasteiger partial charge is 0.362 e. The van der Waals surface area contributed by atoms with Crippen LogP contribution >= 0.6 is 0 Å². The summed E-state index contributed by atoms with van der Waals surface area (Å²) in [5.74, 6) is -1.46. The van der Waals surface area contributed by atoms with Crippen LogP contribution in [-0.4, -0.2) is 80.6 Å². The Bertz CT molecular complexity index is 885. The summed E-state index contributed by atoms with van der Waals surface area (Å²) in [6.45, 7) is 4.74. The molecular weight excluding hydrogens is 666 g/mol. The Hall–Kier alpha value is -1.93. The number of carbonyl (C=O) groups is 3. The maximum absolute atomic E-state index is 12.7. The number of carbonyl (C=O) groups excluding carboxylic acids is 2. The maximum atomic E-state index is 12.7. The number of esters is 2. The molecule has 0 heterocycles. The fraction of sp³-hybridized carbons (Fsp3) is 0.889. The quantitative estimate of drug-likeness (QED) is 0.0288. The van der Waals surface area contributed by atoms with E-state index in [9.17, 15) is 19.5 Å². The van der Waals surface area contributed by atoms with Crippen LogP contribution in [0.4, 0.5) is 0 Å². The van der Waals surface area contributed by atoms with Crippen molar-refractivity contribution in [3.63, 3.8) is 0 Å². The average Bonchev–Trinajstić information content (AvgIpc) is 3.11. The molecule has 8 heteroatoms. The van der Waals surface area contributed by atoms with E-state index in [2.05, 4.69) is 26.0 Å². The Morgan fingerprint density at radius 2 is 0.943 bits per heavy atom. The van der Waals surface area contributed by atoms with E-state index in [1.165, 1.54) is 128 Å². The zero-order valence-corrected chi connectivity index (χ0v) is 35.5. The van der Waals surface area contributed by atoms with Gasteiger partial charge in [0.25, 0.3) is 0 Å². The SMILES string of the molecule is CCCCCCCCC/C=C/CCCCCCCC(=O)OCC(COCCC(C(=O)O)[N+](C)(C)C)OC(=O)CCCCCCCCCCCCCCC. The van der Waals surface area contributed by atoms with Crippen molar-refractivity contribution in [1.82, 2.24) is 0 Å².